The Morgan fingerprint density at radius 2 is 2.00 bits per heavy atom. The summed E-state index contributed by atoms with van der Waals surface area (Å²) in [7, 11) is 3.00. The number of nitrogens with zero attached hydrogens (tertiary/aromatic N) is 1. The molecule has 0 fully saturated rings. The van der Waals surface area contributed by atoms with Crippen LogP contribution in [-0.2, 0) is 0 Å². The standard InChI is InChI=1S/C14H13FN2O3/c1-19-9-6-7-12(20-2)11(8-9)17-14(18)10-4-3-5-13(15)16-10/h3-8H,1-2H3,(H,17,18). The highest BCUT2D eigenvalue weighted by atomic mass is 19.1. The number of carbonyl (C=O) groups is 1. The van der Waals surface area contributed by atoms with Crippen LogP contribution in [0.15, 0.2) is 36.4 Å². The molecule has 0 aliphatic heterocycles. The number of methoxy groups -OCH3 is 2. The van der Waals surface area contributed by atoms with Gasteiger partial charge in [0.25, 0.3) is 5.91 Å². The summed E-state index contributed by atoms with van der Waals surface area (Å²) in [5.74, 6) is -0.213. The van der Waals surface area contributed by atoms with Crippen molar-refractivity contribution in [1.29, 1.82) is 0 Å². The lowest BCUT2D eigenvalue weighted by molar-refractivity contribution is 0.102. The maximum atomic E-state index is 13.0. The molecule has 0 radical (unpaired) electrons. The molecule has 0 spiro atoms. The second kappa shape index (κ2) is 6.01. The Morgan fingerprint density at radius 3 is 2.65 bits per heavy atom. The molecule has 0 unspecified atom stereocenters. The molecule has 5 nitrogen and oxygen atoms in total. The van der Waals surface area contributed by atoms with Gasteiger partial charge in [-0.3, -0.25) is 4.79 Å². The maximum Gasteiger partial charge on any atom is 0.274 e. The van der Waals surface area contributed by atoms with Gasteiger partial charge in [0.1, 0.15) is 17.2 Å². The summed E-state index contributed by atoms with van der Waals surface area (Å²) in [6.45, 7) is 0. The van der Waals surface area contributed by atoms with E-state index in [0.29, 0.717) is 17.2 Å². The first kappa shape index (κ1) is 13.8. The van der Waals surface area contributed by atoms with Crippen LogP contribution in [0, 0.1) is 5.95 Å². The summed E-state index contributed by atoms with van der Waals surface area (Å²) >= 11 is 0. The number of amides is 1. The molecule has 0 saturated heterocycles. The number of benzene rings is 1. The molecule has 0 aliphatic carbocycles. The minimum atomic E-state index is -0.713. The lowest BCUT2D eigenvalue weighted by atomic mass is 10.2. The van der Waals surface area contributed by atoms with Gasteiger partial charge < -0.3 is 14.8 Å². The van der Waals surface area contributed by atoms with Crippen LogP contribution in [0.25, 0.3) is 0 Å². The van der Waals surface area contributed by atoms with Crippen LogP contribution in [0.2, 0.25) is 0 Å². The average molecular weight is 276 g/mol. The molecule has 0 aliphatic rings. The predicted molar refractivity (Wildman–Crippen MR) is 71.7 cm³/mol. The third-order valence-corrected chi connectivity index (χ3v) is 2.60. The number of nitrogens with one attached hydrogen (secondary N) is 1. The number of aromatic nitrogens is 1. The van der Waals surface area contributed by atoms with Gasteiger partial charge in [-0.15, -0.1) is 0 Å². The number of hydrogen-bond acceptors (Lipinski definition) is 4. The third-order valence-electron chi connectivity index (χ3n) is 2.60. The van der Waals surface area contributed by atoms with Gasteiger partial charge in [-0.2, -0.15) is 4.39 Å². The second-order valence-electron chi connectivity index (χ2n) is 3.87. The fourth-order valence-corrected chi connectivity index (χ4v) is 1.63. The van der Waals surface area contributed by atoms with Crippen molar-refractivity contribution in [3.05, 3.63) is 48.0 Å². The quantitative estimate of drug-likeness (QED) is 0.871. The van der Waals surface area contributed by atoms with Crippen molar-refractivity contribution in [3.8, 4) is 11.5 Å². The van der Waals surface area contributed by atoms with Crippen molar-refractivity contribution in [2.75, 3.05) is 19.5 Å². The van der Waals surface area contributed by atoms with E-state index in [1.165, 1.54) is 32.4 Å². The van der Waals surface area contributed by atoms with Gasteiger partial charge >= 0.3 is 0 Å². The Bertz CT molecular complexity index is 632. The van der Waals surface area contributed by atoms with Crippen LogP contribution < -0.4 is 14.8 Å². The van der Waals surface area contributed by atoms with E-state index in [2.05, 4.69) is 10.3 Å². The zero-order valence-electron chi connectivity index (χ0n) is 11.0. The van der Waals surface area contributed by atoms with Crippen molar-refractivity contribution in [2.45, 2.75) is 0 Å². The van der Waals surface area contributed by atoms with Crippen molar-refractivity contribution in [2.24, 2.45) is 0 Å². The van der Waals surface area contributed by atoms with Crippen molar-refractivity contribution in [3.63, 3.8) is 0 Å². The Hall–Kier alpha value is -2.63. The number of hydrogen-bond donors (Lipinski definition) is 1. The van der Waals surface area contributed by atoms with E-state index in [1.54, 1.807) is 18.2 Å². The van der Waals surface area contributed by atoms with Crippen molar-refractivity contribution >= 4 is 11.6 Å². The zero-order chi connectivity index (χ0) is 14.5. The van der Waals surface area contributed by atoms with Crippen LogP contribution in [0.1, 0.15) is 10.5 Å². The Kier molecular flexibility index (Phi) is 4.14. The Labute approximate surface area is 115 Å². The van der Waals surface area contributed by atoms with Crippen LogP contribution in [-0.4, -0.2) is 25.1 Å². The summed E-state index contributed by atoms with van der Waals surface area (Å²) in [6, 6.07) is 8.98. The topological polar surface area (TPSA) is 60.5 Å². The van der Waals surface area contributed by atoms with Gasteiger partial charge in [0.2, 0.25) is 5.95 Å². The lowest BCUT2D eigenvalue weighted by Crippen LogP contribution is -2.14. The maximum absolute atomic E-state index is 13.0. The minimum Gasteiger partial charge on any atom is -0.497 e. The fraction of sp³-hybridized carbons (Fsp3) is 0.143. The number of halogens is 1. The van der Waals surface area contributed by atoms with Gasteiger partial charge in [0.05, 0.1) is 19.9 Å². The first-order valence-electron chi connectivity index (χ1n) is 5.80. The SMILES string of the molecule is COc1ccc(OC)c(NC(=O)c2cccc(F)n2)c1. The molecule has 2 rings (SSSR count). The number of rotatable bonds is 4. The summed E-state index contributed by atoms with van der Waals surface area (Å²) in [4.78, 5) is 15.5. The van der Waals surface area contributed by atoms with Gasteiger partial charge in [0, 0.05) is 6.07 Å². The van der Waals surface area contributed by atoms with Crippen molar-refractivity contribution < 1.29 is 18.7 Å². The summed E-state index contributed by atoms with van der Waals surface area (Å²) < 4.78 is 23.2. The number of carbonyl (C=O) groups excluding carboxylic acids is 1. The Balaban J connectivity index is 2.27. The molecule has 1 heterocycles. The molecule has 0 bridgehead atoms. The largest absolute Gasteiger partial charge is 0.497 e. The van der Waals surface area contributed by atoms with Gasteiger partial charge in [0.15, 0.2) is 0 Å². The molecule has 0 atom stereocenters. The second-order valence-corrected chi connectivity index (χ2v) is 3.87. The summed E-state index contributed by atoms with van der Waals surface area (Å²) in [5.41, 5.74) is 0.401. The normalized spacial score (nSPS) is 9.95. The van der Waals surface area contributed by atoms with E-state index in [4.69, 9.17) is 9.47 Å². The molecular weight excluding hydrogens is 263 g/mol. The first-order valence-corrected chi connectivity index (χ1v) is 5.80. The smallest absolute Gasteiger partial charge is 0.274 e. The van der Waals surface area contributed by atoms with E-state index in [9.17, 15) is 9.18 Å². The molecule has 1 aromatic heterocycles. The van der Waals surface area contributed by atoms with Crippen LogP contribution in [0.5, 0.6) is 11.5 Å². The van der Waals surface area contributed by atoms with Crippen LogP contribution in [0.4, 0.5) is 10.1 Å². The highest BCUT2D eigenvalue weighted by molar-refractivity contribution is 6.03. The van der Waals surface area contributed by atoms with Gasteiger partial charge in [-0.1, -0.05) is 6.07 Å². The highest BCUT2D eigenvalue weighted by Crippen LogP contribution is 2.29. The predicted octanol–water partition coefficient (Wildman–Crippen LogP) is 2.49. The number of pyridine rings is 1. The molecule has 0 saturated carbocycles. The van der Waals surface area contributed by atoms with Crippen molar-refractivity contribution in [1.82, 2.24) is 4.98 Å². The molecule has 20 heavy (non-hydrogen) atoms. The van der Waals surface area contributed by atoms with E-state index in [-0.39, 0.29) is 5.69 Å². The monoisotopic (exact) mass is 276 g/mol. The van der Waals surface area contributed by atoms with E-state index in [0.717, 1.165) is 0 Å². The first-order chi connectivity index (χ1) is 9.63. The van der Waals surface area contributed by atoms with E-state index >= 15 is 0 Å². The van der Waals surface area contributed by atoms with Gasteiger partial charge in [-0.25, -0.2) is 4.98 Å². The highest BCUT2D eigenvalue weighted by Gasteiger charge is 2.12. The fourth-order valence-electron chi connectivity index (χ4n) is 1.63. The molecule has 6 heteroatoms. The number of ether oxygens (including phenoxy) is 2. The molecular formula is C14H13FN2O3. The number of anilines is 1. The molecule has 2 aromatic rings. The Morgan fingerprint density at radius 1 is 1.20 bits per heavy atom. The molecule has 1 aromatic carbocycles. The summed E-state index contributed by atoms with van der Waals surface area (Å²) in [5, 5.41) is 2.61. The van der Waals surface area contributed by atoms with Gasteiger partial charge in [-0.05, 0) is 24.3 Å². The minimum absolute atomic E-state index is 0.0186. The molecule has 1 amide bonds. The molecule has 104 valence electrons. The van der Waals surface area contributed by atoms with Crippen LogP contribution >= 0.6 is 0 Å². The van der Waals surface area contributed by atoms with Crippen LogP contribution in [0.3, 0.4) is 0 Å². The summed E-state index contributed by atoms with van der Waals surface area (Å²) in [6.07, 6.45) is 0. The zero-order valence-corrected chi connectivity index (χ0v) is 11.0. The molecule has 1 N–H and O–H groups in total. The third kappa shape index (κ3) is 3.03. The lowest BCUT2D eigenvalue weighted by Gasteiger charge is -2.11. The van der Waals surface area contributed by atoms with E-state index < -0.39 is 11.9 Å². The average Bonchev–Trinajstić information content (AvgIpc) is 2.47. The van der Waals surface area contributed by atoms with E-state index in [1.807, 2.05) is 0 Å².